The van der Waals surface area contributed by atoms with Gasteiger partial charge in [0.25, 0.3) is 10.2 Å². The van der Waals surface area contributed by atoms with Gasteiger partial charge in [0.15, 0.2) is 0 Å². The highest BCUT2D eigenvalue weighted by molar-refractivity contribution is 7.86. The van der Waals surface area contributed by atoms with Gasteiger partial charge in [-0.1, -0.05) is 13.3 Å². The largest absolute Gasteiger partial charge is 0.317 e. The van der Waals surface area contributed by atoms with Crippen molar-refractivity contribution in [1.82, 2.24) is 13.9 Å². The van der Waals surface area contributed by atoms with E-state index in [0.717, 1.165) is 19.5 Å². The summed E-state index contributed by atoms with van der Waals surface area (Å²) in [5.41, 5.74) is 0. The van der Waals surface area contributed by atoms with Crippen LogP contribution in [0.1, 0.15) is 32.6 Å². The van der Waals surface area contributed by atoms with E-state index in [1.807, 2.05) is 6.92 Å². The molecule has 108 valence electrons. The summed E-state index contributed by atoms with van der Waals surface area (Å²) in [4.78, 5) is 0. The summed E-state index contributed by atoms with van der Waals surface area (Å²) in [6, 6.07) is 0. The number of hydrogen-bond donors (Lipinski definition) is 1. The monoisotopic (exact) mass is 277 g/mol. The van der Waals surface area contributed by atoms with Crippen LogP contribution in [0.25, 0.3) is 0 Å². The zero-order valence-corrected chi connectivity index (χ0v) is 12.7. The smallest absolute Gasteiger partial charge is 0.281 e. The van der Waals surface area contributed by atoms with Gasteiger partial charge in [0, 0.05) is 27.2 Å². The van der Waals surface area contributed by atoms with E-state index in [9.17, 15) is 8.42 Å². The average molecular weight is 277 g/mol. The molecule has 0 aliphatic heterocycles. The van der Waals surface area contributed by atoms with Gasteiger partial charge in [-0.25, -0.2) is 0 Å². The molecule has 0 radical (unpaired) electrons. The fourth-order valence-corrected chi connectivity index (χ4v) is 3.32. The van der Waals surface area contributed by atoms with E-state index < -0.39 is 10.2 Å². The fraction of sp³-hybridized carbons (Fsp3) is 1.00. The van der Waals surface area contributed by atoms with Gasteiger partial charge in [-0.3, -0.25) is 0 Å². The molecule has 5 nitrogen and oxygen atoms in total. The van der Waals surface area contributed by atoms with Crippen LogP contribution >= 0.6 is 0 Å². The molecule has 1 aliphatic rings. The molecular weight excluding hydrogens is 250 g/mol. The van der Waals surface area contributed by atoms with Gasteiger partial charge in [-0.05, 0) is 38.3 Å². The van der Waals surface area contributed by atoms with Gasteiger partial charge in [0.05, 0.1) is 0 Å². The quantitative estimate of drug-likeness (QED) is 0.637. The molecule has 18 heavy (non-hydrogen) atoms. The second-order valence-electron chi connectivity index (χ2n) is 5.11. The Bertz CT molecular complexity index is 328. The van der Waals surface area contributed by atoms with Crippen molar-refractivity contribution < 1.29 is 8.42 Å². The second-order valence-corrected chi connectivity index (χ2v) is 7.26. The zero-order chi connectivity index (χ0) is 13.6. The molecule has 0 aromatic rings. The summed E-state index contributed by atoms with van der Waals surface area (Å²) < 4.78 is 27.4. The molecule has 1 fully saturated rings. The topological polar surface area (TPSA) is 52.7 Å². The van der Waals surface area contributed by atoms with E-state index in [1.54, 1.807) is 14.1 Å². The standard InChI is InChI=1S/C12H27N3O2S/c1-4-13-9-6-10-14(2)18(16,17)15(3)11-12-7-5-8-12/h12-13H,4-11H2,1-3H3. The zero-order valence-electron chi connectivity index (χ0n) is 11.9. The molecule has 1 saturated carbocycles. The van der Waals surface area contributed by atoms with Crippen LogP contribution in [0.2, 0.25) is 0 Å². The number of rotatable bonds is 9. The van der Waals surface area contributed by atoms with Crippen LogP contribution in [0.4, 0.5) is 0 Å². The van der Waals surface area contributed by atoms with E-state index in [1.165, 1.54) is 27.9 Å². The lowest BCUT2D eigenvalue weighted by Crippen LogP contribution is -2.43. The summed E-state index contributed by atoms with van der Waals surface area (Å²) in [5.74, 6) is 0.569. The van der Waals surface area contributed by atoms with E-state index >= 15 is 0 Å². The third-order valence-electron chi connectivity index (χ3n) is 3.60. The summed E-state index contributed by atoms with van der Waals surface area (Å²) in [7, 11) is 0.0956. The highest BCUT2D eigenvalue weighted by Crippen LogP contribution is 2.27. The Morgan fingerprint density at radius 2 is 1.89 bits per heavy atom. The summed E-state index contributed by atoms with van der Waals surface area (Å²) in [6.07, 6.45) is 4.44. The van der Waals surface area contributed by atoms with Crippen LogP contribution in [-0.2, 0) is 10.2 Å². The van der Waals surface area contributed by atoms with Crippen LogP contribution in [0.15, 0.2) is 0 Å². The van der Waals surface area contributed by atoms with Gasteiger partial charge >= 0.3 is 0 Å². The highest BCUT2D eigenvalue weighted by atomic mass is 32.2. The molecule has 0 saturated heterocycles. The Kier molecular flexibility index (Phi) is 6.55. The van der Waals surface area contributed by atoms with Crippen LogP contribution in [0.5, 0.6) is 0 Å². The second kappa shape index (κ2) is 7.43. The average Bonchev–Trinajstić information content (AvgIpc) is 2.28. The molecule has 1 aliphatic carbocycles. The Hall–Kier alpha value is -0.170. The van der Waals surface area contributed by atoms with Crippen molar-refractivity contribution in [2.45, 2.75) is 32.6 Å². The highest BCUT2D eigenvalue weighted by Gasteiger charge is 2.27. The molecule has 0 bridgehead atoms. The maximum absolute atomic E-state index is 12.2. The number of nitrogens with one attached hydrogen (secondary N) is 1. The Balaban J connectivity index is 2.34. The molecule has 1 N–H and O–H groups in total. The minimum Gasteiger partial charge on any atom is -0.317 e. The van der Waals surface area contributed by atoms with Crippen LogP contribution in [0.3, 0.4) is 0 Å². The Morgan fingerprint density at radius 3 is 2.39 bits per heavy atom. The lowest BCUT2D eigenvalue weighted by Gasteiger charge is -2.31. The van der Waals surface area contributed by atoms with Gasteiger partial charge in [-0.2, -0.15) is 17.0 Å². The van der Waals surface area contributed by atoms with Crippen LogP contribution in [0, 0.1) is 5.92 Å². The SMILES string of the molecule is CCNCCCN(C)S(=O)(=O)N(C)CC1CCC1. The lowest BCUT2D eigenvalue weighted by molar-refractivity contribution is 0.254. The molecule has 0 unspecified atom stereocenters. The first-order chi connectivity index (χ1) is 8.48. The molecule has 0 heterocycles. The van der Waals surface area contributed by atoms with Crippen molar-refractivity contribution in [3.05, 3.63) is 0 Å². The van der Waals surface area contributed by atoms with Crippen LogP contribution < -0.4 is 5.32 Å². The molecule has 6 heteroatoms. The minimum absolute atomic E-state index is 0.569. The molecule has 0 atom stereocenters. The van der Waals surface area contributed by atoms with E-state index in [0.29, 0.717) is 19.0 Å². The predicted molar refractivity (Wildman–Crippen MR) is 74.7 cm³/mol. The van der Waals surface area contributed by atoms with E-state index in [-0.39, 0.29) is 0 Å². The fourth-order valence-electron chi connectivity index (χ4n) is 2.09. The molecule has 0 spiro atoms. The Morgan fingerprint density at radius 1 is 1.22 bits per heavy atom. The van der Waals surface area contributed by atoms with Crippen molar-refractivity contribution in [2.24, 2.45) is 5.92 Å². The van der Waals surface area contributed by atoms with Gasteiger partial charge in [0.2, 0.25) is 0 Å². The number of nitrogens with zero attached hydrogens (tertiary/aromatic N) is 2. The van der Waals surface area contributed by atoms with Gasteiger partial charge in [0.1, 0.15) is 0 Å². The van der Waals surface area contributed by atoms with Gasteiger partial charge in [-0.15, -0.1) is 0 Å². The molecule has 0 aromatic carbocycles. The maximum atomic E-state index is 12.2. The molecular formula is C12H27N3O2S. The first kappa shape index (κ1) is 15.9. The molecule has 0 amide bonds. The first-order valence-electron chi connectivity index (χ1n) is 6.86. The maximum Gasteiger partial charge on any atom is 0.281 e. The van der Waals surface area contributed by atoms with Crippen molar-refractivity contribution in [1.29, 1.82) is 0 Å². The lowest BCUT2D eigenvalue weighted by atomic mass is 9.86. The van der Waals surface area contributed by atoms with Gasteiger partial charge < -0.3 is 5.32 Å². The first-order valence-corrected chi connectivity index (χ1v) is 8.26. The van der Waals surface area contributed by atoms with Crippen molar-refractivity contribution in [3.63, 3.8) is 0 Å². The third kappa shape index (κ3) is 4.50. The normalized spacial score (nSPS) is 17.4. The van der Waals surface area contributed by atoms with E-state index in [2.05, 4.69) is 5.32 Å². The van der Waals surface area contributed by atoms with E-state index in [4.69, 9.17) is 0 Å². The summed E-state index contributed by atoms with van der Waals surface area (Å²) in [5, 5.41) is 3.20. The van der Waals surface area contributed by atoms with Crippen molar-refractivity contribution in [2.75, 3.05) is 40.3 Å². The summed E-state index contributed by atoms with van der Waals surface area (Å²) >= 11 is 0. The van der Waals surface area contributed by atoms with Crippen molar-refractivity contribution >= 4 is 10.2 Å². The van der Waals surface area contributed by atoms with Crippen molar-refractivity contribution in [3.8, 4) is 0 Å². The Labute approximate surface area is 112 Å². The molecule has 1 rings (SSSR count). The minimum atomic E-state index is -3.26. The molecule has 0 aromatic heterocycles. The third-order valence-corrected chi connectivity index (χ3v) is 5.51. The summed E-state index contributed by atoms with van der Waals surface area (Å²) in [6.45, 7) is 5.08. The predicted octanol–water partition coefficient (Wildman–Crippen LogP) is 0.895. The number of hydrogen-bond acceptors (Lipinski definition) is 3. The van der Waals surface area contributed by atoms with Crippen LogP contribution in [-0.4, -0.2) is 57.3 Å².